The van der Waals surface area contributed by atoms with E-state index in [4.69, 9.17) is 9.84 Å². The molecule has 0 heterocycles. The lowest BCUT2D eigenvalue weighted by Gasteiger charge is -2.17. The monoisotopic (exact) mass is 446 g/mol. The maximum absolute atomic E-state index is 12.6. The minimum absolute atomic E-state index is 0.00623. The molecule has 33 heavy (non-hydrogen) atoms. The number of rotatable bonds is 10. The third kappa shape index (κ3) is 7.68. The van der Waals surface area contributed by atoms with Crippen LogP contribution in [-0.4, -0.2) is 23.7 Å². The second kappa shape index (κ2) is 11.7. The van der Waals surface area contributed by atoms with E-state index in [1.807, 2.05) is 62.4 Å². The van der Waals surface area contributed by atoms with Crippen molar-refractivity contribution >= 4 is 23.4 Å². The van der Waals surface area contributed by atoms with Crippen LogP contribution in [0.15, 0.2) is 72.8 Å². The molecule has 0 spiro atoms. The summed E-state index contributed by atoms with van der Waals surface area (Å²) in [5.41, 5.74) is 4.36. The van der Waals surface area contributed by atoms with E-state index in [0.717, 1.165) is 24.0 Å². The highest BCUT2D eigenvalue weighted by molar-refractivity contribution is 6.00. The number of aliphatic carboxylic acids is 1. The molecule has 6 heteroatoms. The fourth-order valence-electron chi connectivity index (χ4n) is 3.48. The number of carbonyl (C=O) groups excluding carboxylic acids is 1. The number of urea groups is 1. The summed E-state index contributed by atoms with van der Waals surface area (Å²) in [6, 6.07) is 22.7. The number of hydrogen-bond donors (Lipinski definition) is 3. The predicted octanol–water partition coefficient (Wildman–Crippen LogP) is 6.23. The number of carboxylic acids is 1. The molecule has 0 saturated heterocycles. The Bertz CT molecular complexity index is 1070. The molecule has 0 aliphatic carbocycles. The largest absolute Gasteiger partial charge is 0.491 e. The molecule has 2 amide bonds. The van der Waals surface area contributed by atoms with Crippen LogP contribution in [0, 0.1) is 6.92 Å². The van der Waals surface area contributed by atoms with Crippen LogP contribution in [0.5, 0.6) is 5.75 Å². The van der Waals surface area contributed by atoms with Gasteiger partial charge in [-0.3, -0.25) is 4.79 Å². The molecule has 0 aliphatic heterocycles. The van der Waals surface area contributed by atoms with Gasteiger partial charge in [0, 0.05) is 5.69 Å². The van der Waals surface area contributed by atoms with Gasteiger partial charge in [0.25, 0.3) is 0 Å². The minimum Gasteiger partial charge on any atom is -0.491 e. The maximum atomic E-state index is 12.6. The molecular weight excluding hydrogens is 416 g/mol. The average Bonchev–Trinajstić information content (AvgIpc) is 2.79. The molecule has 0 aromatic heterocycles. The number of nitrogens with one attached hydrogen (secondary N) is 2. The number of ether oxygens (including phenoxy) is 1. The highest BCUT2D eigenvalue weighted by Crippen LogP contribution is 2.31. The van der Waals surface area contributed by atoms with Crippen molar-refractivity contribution in [2.24, 2.45) is 0 Å². The summed E-state index contributed by atoms with van der Waals surface area (Å²) in [6.45, 7) is 4.32. The first-order valence-corrected chi connectivity index (χ1v) is 11.1. The Labute approximate surface area is 194 Å². The van der Waals surface area contributed by atoms with Crippen LogP contribution in [0.1, 0.15) is 42.4 Å². The zero-order valence-corrected chi connectivity index (χ0v) is 19.0. The van der Waals surface area contributed by atoms with Crippen LogP contribution in [0.2, 0.25) is 0 Å². The summed E-state index contributed by atoms with van der Waals surface area (Å²) in [5.74, 6) is -0.515. The Hall–Kier alpha value is -3.80. The SMILES string of the molecule is Cc1ccc(NC(=O)Nc2cc(C(C)CC(=O)O)ccc2OCCCc2ccccc2)cc1. The lowest BCUT2D eigenvalue weighted by atomic mass is 9.97. The van der Waals surface area contributed by atoms with Gasteiger partial charge in [0.2, 0.25) is 0 Å². The van der Waals surface area contributed by atoms with Crippen LogP contribution >= 0.6 is 0 Å². The van der Waals surface area contributed by atoms with Crippen molar-refractivity contribution in [2.75, 3.05) is 17.2 Å². The molecule has 0 radical (unpaired) electrons. The molecule has 0 fully saturated rings. The van der Waals surface area contributed by atoms with Crippen LogP contribution in [-0.2, 0) is 11.2 Å². The molecule has 0 bridgehead atoms. The summed E-state index contributed by atoms with van der Waals surface area (Å²) in [7, 11) is 0. The third-order valence-electron chi connectivity index (χ3n) is 5.32. The highest BCUT2D eigenvalue weighted by Gasteiger charge is 2.15. The van der Waals surface area contributed by atoms with E-state index < -0.39 is 12.0 Å². The number of amides is 2. The lowest BCUT2D eigenvalue weighted by molar-refractivity contribution is -0.137. The van der Waals surface area contributed by atoms with Crippen molar-refractivity contribution < 1.29 is 19.4 Å². The Balaban J connectivity index is 1.69. The number of carbonyl (C=O) groups is 2. The number of aryl methyl sites for hydroxylation is 2. The molecule has 3 aromatic carbocycles. The van der Waals surface area contributed by atoms with Crippen molar-refractivity contribution in [3.8, 4) is 5.75 Å². The summed E-state index contributed by atoms with van der Waals surface area (Å²) >= 11 is 0. The summed E-state index contributed by atoms with van der Waals surface area (Å²) in [4.78, 5) is 23.7. The first kappa shape index (κ1) is 23.9. The van der Waals surface area contributed by atoms with E-state index in [2.05, 4.69) is 22.8 Å². The van der Waals surface area contributed by atoms with Crippen molar-refractivity contribution in [3.05, 3.63) is 89.5 Å². The quantitative estimate of drug-likeness (QED) is 0.322. The number of carboxylic acid groups (broad SMARTS) is 1. The Morgan fingerprint density at radius 1 is 0.970 bits per heavy atom. The van der Waals surface area contributed by atoms with Crippen molar-refractivity contribution in [2.45, 2.75) is 39.0 Å². The molecule has 1 atom stereocenters. The second-order valence-corrected chi connectivity index (χ2v) is 8.14. The first-order chi connectivity index (χ1) is 15.9. The summed E-state index contributed by atoms with van der Waals surface area (Å²) in [5, 5.41) is 14.8. The van der Waals surface area contributed by atoms with Gasteiger partial charge in [-0.05, 0) is 61.1 Å². The Morgan fingerprint density at radius 2 is 1.70 bits per heavy atom. The molecule has 3 rings (SSSR count). The van der Waals surface area contributed by atoms with E-state index >= 15 is 0 Å². The zero-order valence-electron chi connectivity index (χ0n) is 19.0. The molecule has 6 nitrogen and oxygen atoms in total. The van der Waals surface area contributed by atoms with Gasteiger partial charge < -0.3 is 20.5 Å². The van der Waals surface area contributed by atoms with Gasteiger partial charge in [-0.15, -0.1) is 0 Å². The topological polar surface area (TPSA) is 87.7 Å². The van der Waals surface area contributed by atoms with Gasteiger partial charge in [-0.25, -0.2) is 4.79 Å². The number of benzene rings is 3. The average molecular weight is 447 g/mol. The van der Waals surface area contributed by atoms with Crippen LogP contribution in [0.25, 0.3) is 0 Å². The van der Waals surface area contributed by atoms with Gasteiger partial charge in [0.15, 0.2) is 0 Å². The molecule has 172 valence electrons. The fourth-order valence-corrected chi connectivity index (χ4v) is 3.48. The second-order valence-electron chi connectivity index (χ2n) is 8.14. The smallest absolute Gasteiger partial charge is 0.323 e. The van der Waals surface area contributed by atoms with Gasteiger partial charge >= 0.3 is 12.0 Å². The van der Waals surface area contributed by atoms with Gasteiger partial charge in [-0.1, -0.05) is 61.0 Å². The fraction of sp³-hybridized carbons (Fsp3) is 0.259. The standard InChI is InChI=1S/C27H30N2O4/c1-19-10-13-23(14-11-19)28-27(32)29-24-18-22(20(2)17-26(30)31)12-15-25(24)33-16-6-9-21-7-4-3-5-8-21/h3-5,7-8,10-15,18,20H,6,9,16-17H2,1-2H3,(H,30,31)(H2,28,29,32). The van der Waals surface area contributed by atoms with Crippen molar-refractivity contribution in [1.29, 1.82) is 0 Å². The van der Waals surface area contributed by atoms with E-state index in [-0.39, 0.29) is 12.3 Å². The molecule has 0 aliphatic rings. The molecule has 1 unspecified atom stereocenters. The van der Waals surface area contributed by atoms with E-state index in [9.17, 15) is 9.59 Å². The van der Waals surface area contributed by atoms with Crippen LogP contribution in [0.4, 0.5) is 16.2 Å². The molecule has 3 N–H and O–H groups in total. The van der Waals surface area contributed by atoms with Crippen molar-refractivity contribution in [3.63, 3.8) is 0 Å². The van der Waals surface area contributed by atoms with Gasteiger partial charge in [0.05, 0.1) is 18.7 Å². The Morgan fingerprint density at radius 3 is 2.39 bits per heavy atom. The van der Waals surface area contributed by atoms with Crippen LogP contribution < -0.4 is 15.4 Å². The molecule has 0 saturated carbocycles. The highest BCUT2D eigenvalue weighted by atomic mass is 16.5. The summed E-state index contributed by atoms with van der Waals surface area (Å²) in [6.07, 6.45) is 1.73. The van der Waals surface area contributed by atoms with Gasteiger partial charge in [-0.2, -0.15) is 0 Å². The predicted molar refractivity (Wildman–Crippen MR) is 131 cm³/mol. The van der Waals surface area contributed by atoms with Crippen molar-refractivity contribution in [1.82, 2.24) is 0 Å². The molecule has 3 aromatic rings. The van der Waals surface area contributed by atoms with Crippen LogP contribution in [0.3, 0.4) is 0 Å². The van der Waals surface area contributed by atoms with E-state index in [0.29, 0.717) is 23.7 Å². The normalized spacial score (nSPS) is 11.5. The first-order valence-electron chi connectivity index (χ1n) is 11.1. The zero-order chi connectivity index (χ0) is 23.6. The maximum Gasteiger partial charge on any atom is 0.323 e. The molecular formula is C27H30N2O4. The van der Waals surface area contributed by atoms with E-state index in [1.54, 1.807) is 12.1 Å². The summed E-state index contributed by atoms with van der Waals surface area (Å²) < 4.78 is 5.98. The third-order valence-corrected chi connectivity index (χ3v) is 5.32. The number of anilines is 2. The lowest BCUT2D eigenvalue weighted by Crippen LogP contribution is -2.20. The minimum atomic E-state index is -0.865. The van der Waals surface area contributed by atoms with Gasteiger partial charge in [0.1, 0.15) is 5.75 Å². The van der Waals surface area contributed by atoms with E-state index in [1.165, 1.54) is 5.56 Å². The Kier molecular flexibility index (Phi) is 8.47. The number of hydrogen-bond acceptors (Lipinski definition) is 3.